The van der Waals surface area contributed by atoms with Crippen molar-refractivity contribution in [2.45, 2.75) is 13.3 Å². The summed E-state index contributed by atoms with van der Waals surface area (Å²) in [6, 6.07) is 5.44. The van der Waals surface area contributed by atoms with Gasteiger partial charge >= 0.3 is 0 Å². The van der Waals surface area contributed by atoms with Crippen molar-refractivity contribution in [2.75, 3.05) is 0 Å². The predicted octanol–water partition coefficient (Wildman–Crippen LogP) is 3.09. The number of hydrogen-bond donors (Lipinski definition) is 1. The standard InChI is InChI=1S/C11H11Cl2N3/c1-6-4-10(15-16-11(6)14)7-2-3-8(12)9(13)5-7/h2-3,5-6H,4H2,1H3,(H2,14,16). The lowest BCUT2D eigenvalue weighted by atomic mass is 9.97. The molecule has 1 aliphatic heterocycles. The molecule has 0 saturated heterocycles. The monoisotopic (exact) mass is 255 g/mol. The Hall–Kier alpha value is -1.06. The molecule has 0 aromatic heterocycles. The summed E-state index contributed by atoms with van der Waals surface area (Å²) in [5, 5.41) is 9.07. The van der Waals surface area contributed by atoms with Gasteiger partial charge in [0.2, 0.25) is 0 Å². The first-order valence-electron chi connectivity index (χ1n) is 4.93. The van der Waals surface area contributed by atoms with E-state index in [4.69, 9.17) is 28.9 Å². The lowest BCUT2D eigenvalue weighted by Crippen LogP contribution is -2.26. The van der Waals surface area contributed by atoms with Gasteiger partial charge in [0.15, 0.2) is 0 Å². The summed E-state index contributed by atoms with van der Waals surface area (Å²) in [4.78, 5) is 0. The van der Waals surface area contributed by atoms with Crippen LogP contribution in [0.4, 0.5) is 0 Å². The van der Waals surface area contributed by atoms with Gasteiger partial charge in [0.25, 0.3) is 0 Å². The molecule has 1 heterocycles. The topological polar surface area (TPSA) is 50.7 Å². The van der Waals surface area contributed by atoms with E-state index in [2.05, 4.69) is 10.2 Å². The summed E-state index contributed by atoms with van der Waals surface area (Å²) in [6.45, 7) is 2.02. The highest BCUT2D eigenvalue weighted by Gasteiger charge is 2.17. The zero-order valence-corrected chi connectivity index (χ0v) is 10.3. The van der Waals surface area contributed by atoms with Gasteiger partial charge in [0.05, 0.1) is 15.8 Å². The average Bonchev–Trinajstić information content (AvgIpc) is 2.26. The quantitative estimate of drug-likeness (QED) is 0.824. The summed E-state index contributed by atoms with van der Waals surface area (Å²) >= 11 is 11.8. The molecule has 3 nitrogen and oxygen atoms in total. The molecule has 1 aromatic carbocycles. The number of benzene rings is 1. The van der Waals surface area contributed by atoms with Crippen LogP contribution in [0.15, 0.2) is 28.4 Å². The summed E-state index contributed by atoms with van der Waals surface area (Å²) in [7, 11) is 0. The molecular formula is C11H11Cl2N3. The maximum Gasteiger partial charge on any atom is 0.125 e. The molecule has 1 aliphatic rings. The van der Waals surface area contributed by atoms with Gasteiger partial charge in [-0.15, -0.1) is 5.10 Å². The van der Waals surface area contributed by atoms with Crippen molar-refractivity contribution < 1.29 is 0 Å². The molecule has 0 aliphatic carbocycles. The average molecular weight is 256 g/mol. The molecule has 2 N–H and O–H groups in total. The Morgan fingerprint density at radius 2 is 2.00 bits per heavy atom. The van der Waals surface area contributed by atoms with Gasteiger partial charge in [0.1, 0.15) is 5.84 Å². The number of halogens is 2. The Morgan fingerprint density at radius 1 is 1.25 bits per heavy atom. The van der Waals surface area contributed by atoms with E-state index >= 15 is 0 Å². The molecule has 5 heteroatoms. The SMILES string of the molecule is CC1CC(c2ccc(Cl)c(Cl)c2)=NN=C1N. The Morgan fingerprint density at radius 3 is 2.62 bits per heavy atom. The van der Waals surface area contributed by atoms with Gasteiger partial charge in [0, 0.05) is 12.3 Å². The van der Waals surface area contributed by atoms with E-state index in [1.54, 1.807) is 12.1 Å². The molecule has 0 radical (unpaired) electrons. The first kappa shape index (κ1) is 11.4. The van der Waals surface area contributed by atoms with Crippen molar-refractivity contribution in [3.8, 4) is 0 Å². The summed E-state index contributed by atoms with van der Waals surface area (Å²) in [5.41, 5.74) is 7.50. The largest absolute Gasteiger partial charge is 0.385 e. The minimum atomic E-state index is 0.210. The summed E-state index contributed by atoms with van der Waals surface area (Å²) in [5.74, 6) is 0.783. The smallest absolute Gasteiger partial charge is 0.125 e. The van der Waals surface area contributed by atoms with Crippen molar-refractivity contribution in [2.24, 2.45) is 21.9 Å². The number of nitrogens with two attached hydrogens (primary N) is 1. The van der Waals surface area contributed by atoms with Crippen molar-refractivity contribution >= 4 is 34.7 Å². The van der Waals surface area contributed by atoms with Gasteiger partial charge in [-0.1, -0.05) is 36.2 Å². The lowest BCUT2D eigenvalue weighted by molar-refractivity contribution is 0.779. The molecule has 0 saturated carbocycles. The highest BCUT2D eigenvalue weighted by atomic mass is 35.5. The Bertz CT molecular complexity index is 480. The Balaban J connectivity index is 2.35. The van der Waals surface area contributed by atoms with Crippen LogP contribution in [0.3, 0.4) is 0 Å². The first-order valence-corrected chi connectivity index (χ1v) is 5.69. The molecule has 2 rings (SSSR count). The van der Waals surface area contributed by atoms with Gasteiger partial charge in [-0.3, -0.25) is 0 Å². The Kier molecular flexibility index (Phi) is 3.17. The van der Waals surface area contributed by atoms with Gasteiger partial charge < -0.3 is 5.73 Å². The predicted molar refractivity (Wildman–Crippen MR) is 68.4 cm³/mol. The number of rotatable bonds is 1. The van der Waals surface area contributed by atoms with Crippen LogP contribution in [0.25, 0.3) is 0 Å². The van der Waals surface area contributed by atoms with Gasteiger partial charge in [-0.05, 0) is 17.7 Å². The fourth-order valence-electron chi connectivity index (χ4n) is 1.50. The van der Waals surface area contributed by atoms with Crippen LogP contribution < -0.4 is 5.73 Å². The minimum absolute atomic E-state index is 0.210. The molecule has 0 amide bonds. The number of nitrogens with zero attached hydrogens (tertiary/aromatic N) is 2. The summed E-state index contributed by atoms with van der Waals surface area (Å²) in [6.07, 6.45) is 0.771. The van der Waals surface area contributed by atoms with Crippen LogP contribution in [0, 0.1) is 5.92 Å². The fraction of sp³-hybridized carbons (Fsp3) is 0.273. The third kappa shape index (κ3) is 2.20. The highest BCUT2D eigenvalue weighted by molar-refractivity contribution is 6.42. The molecule has 1 atom stereocenters. The molecule has 84 valence electrons. The van der Waals surface area contributed by atoms with Crippen LogP contribution in [0.5, 0.6) is 0 Å². The molecular weight excluding hydrogens is 245 g/mol. The van der Waals surface area contributed by atoms with Crippen molar-refractivity contribution in [3.05, 3.63) is 33.8 Å². The fourth-order valence-corrected chi connectivity index (χ4v) is 1.80. The number of hydrogen-bond acceptors (Lipinski definition) is 3. The van der Waals surface area contributed by atoms with Gasteiger partial charge in [-0.2, -0.15) is 5.10 Å². The van der Waals surface area contributed by atoms with E-state index in [1.807, 2.05) is 13.0 Å². The second-order valence-corrected chi connectivity index (χ2v) is 4.62. The van der Waals surface area contributed by atoms with Crippen LogP contribution in [-0.4, -0.2) is 11.5 Å². The van der Waals surface area contributed by atoms with E-state index in [9.17, 15) is 0 Å². The Labute approximate surface area is 104 Å². The van der Waals surface area contributed by atoms with Crippen molar-refractivity contribution in [1.29, 1.82) is 0 Å². The molecule has 1 aromatic rings. The van der Waals surface area contributed by atoms with Gasteiger partial charge in [-0.25, -0.2) is 0 Å². The molecule has 0 spiro atoms. The first-order chi connectivity index (χ1) is 7.58. The third-order valence-corrected chi connectivity index (χ3v) is 3.28. The molecule has 1 unspecified atom stereocenters. The zero-order valence-electron chi connectivity index (χ0n) is 8.74. The van der Waals surface area contributed by atoms with Crippen molar-refractivity contribution in [3.63, 3.8) is 0 Å². The van der Waals surface area contributed by atoms with E-state index < -0.39 is 0 Å². The molecule has 0 bridgehead atoms. The summed E-state index contributed by atoms with van der Waals surface area (Å²) < 4.78 is 0. The van der Waals surface area contributed by atoms with Crippen molar-refractivity contribution in [1.82, 2.24) is 0 Å². The van der Waals surface area contributed by atoms with Crippen LogP contribution in [-0.2, 0) is 0 Å². The molecule has 0 fully saturated rings. The highest BCUT2D eigenvalue weighted by Crippen LogP contribution is 2.25. The lowest BCUT2D eigenvalue weighted by Gasteiger charge is -2.16. The van der Waals surface area contributed by atoms with E-state index in [1.165, 1.54) is 0 Å². The maximum absolute atomic E-state index is 5.95. The second kappa shape index (κ2) is 4.44. The minimum Gasteiger partial charge on any atom is -0.385 e. The van der Waals surface area contributed by atoms with Crippen LogP contribution in [0.1, 0.15) is 18.9 Å². The normalized spacial score (nSPS) is 20.3. The van der Waals surface area contributed by atoms with E-state index in [-0.39, 0.29) is 5.92 Å². The van der Waals surface area contributed by atoms with E-state index in [0.29, 0.717) is 15.9 Å². The van der Waals surface area contributed by atoms with Crippen LogP contribution in [0.2, 0.25) is 10.0 Å². The van der Waals surface area contributed by atoms with E-state index in [0.717, 1.165) is 17.7 Å². The van der Waals surface area contributed by atoms with Crippen LogP contribution >= 0.6 is 23.2 Å². The molecule has 16 heavy (non-hydrogen) atoms. The third-order valence-electron chi connectivity index (χ3n) is 2.54. The maximum atomic E-state index is 5.95. The second-order valence-electron chi connectivity index (χ2n) is 3.81. The number of amidine groups is 1. The zero-order chi connectivity index (χ0) is 11.7.